The molecule has 3 N–H and O–H groups in total. The number of aromatic amines is 1. The van der Waals surface area contributed by atoms with Crippen LogP contribution in [0.4, 0.5) is 4.39 Å². The van der Waals surface area contributed by atoms with Crippen molar-refractivity contribution in [1.29, 1.82) is 0 Å². The van der Waals surface area contributed by atoms with Gasteiger partial charge in [-0.05, 0) is 23.3 Å². The first-order chi connectivity index (χ1) is 9.28. The minimum Gasteiger partial charge on any atom is -0.342 e. The SMILES string of the molecule is NCc1cccc2[nH]c(Cc3ccccc3F)nc12. The fraction of sp³-hybridized carbons (Fsp3) is 0.133. The number of H-pyrrole nitrogens is 1. The van der Waals surface area contributed by atoms with Crippen molar-refractivity contribution < 1.29 is 4.39 Å². The molecule has 0 fully saturated rings. The van der Waals surface area contributed by atoms with Gasteiger partial charge in [-0.15, -0.1) is 0 Å². The molecule has 3 aromatic rings. The van der Waals surface area contributed by atoms with Gasteiger partial charge < -0.3 is 10.7 Å². The Hall–Kier alpha value is -2.20. The van der Waals surface area contributed by atoms with Gasteiger partial charge in [0, 0.05) is 13.0 Å². The van der Waals surface area contributed by atoms with Gasteiger partial charge in [0.2, 0.25) is 0 Å². The summed E-state index contributed by atoms with van der Waals surface area (Å²) in [5.74, 6) is 0.544. The number of benzene rings is 2. The second kappa shape index (κ2) is 4.82. The maximum Gasteiger partial charge on any atom is 0.126 e. The van der Waals surface area contributed by atoms with E-state index < -0.39 is 0 Å². The average molecular weight is 255 g/mol. The maximum atomic E-state index is 13.6. The Balaban J connectivity index is 2.00. The van der Waals surface area contributed by atoms with Crippen molar-refractivity contribution in [3.05, 3.63) is 65.2 Å². The molecule has 0 saturated heterocycles. The molecule has 0 saturated carbocycles. The highest BCUT2D eigenvalue weighted by Gasteiger charge is 2.08. The molecule has 2 aromatic carbocycles. The van der Waals surface area contributed by atoms with Crippen LogP contribution in [0.2, 0.25) is 0 Å². The van der Waals surface area contributed by atoms with Gasteiger partial charge in [-0.2, -0.15) is 0 Å². The Morgan fingerprint density at radius 3 is 2.63 bits per heavy atom. The van der Waals surface area contributed by atoms with E-state index in [0.29, 0.717) is 18.5 Å². The van der Waals surface area contributed by atoms with Crippen LogP contribution in [0.5, 0.6) is 0 Å². The summed E-state index contributed by atoms with van der Waals surface area (Å²) in [4.78, 5) is 7.73. The molecule has 0 atom stereocenters. The number of nitrogens with one attached hydrogen (secondary N) is 1. The first-order valence-electron chi connectivity index (χ1n) is 6.18. The van der Waals surface area contributed by atoms with Crippen molar-refractivity contribution in [3.63, 3.8) is 0 Å². The number of halogens is 1. The molecule has 0 aliphatic carbocycles. The molecule has 4 heteroatoms. The summed E-state index contributed by atoms with van der Waals surface area (Å²) in [6, 6.07) is 12.6. The molecule has 96 valence electrons. The summed E-state index contributed by atoms with van der Waals surface area (Å²) in [5, 5.41) is 0. The normalized spacial score (nSPS) is 11.1. The number of aromatic nitrogens is 2. The predicted octanol–water partition coefficient (Wildman–Crippen LogP) is 2.75. The molecular weight excluding hydrogens is 241 g/mol. The van der Waals surface area contributed by atoms with Crippen LogP contribution >= 0.6 is 0 Å². The molecule has 0 amide bonds. The second-order valence-corrected chi connectivity index (χ2v) is 4.47. The Labute approximate surface area is 110 Å². The summed E-state index contributed by atoms with van der Waals surface area (Å²) in [7, 11) is 0. The van der Waals surface area contributed by atoms with E-state index in [4.69, 9.17) is 5.73 Å². The lowest BCUT2D eigenvalue weighted by molar-refractivity contribution is 0.612. The fourth-order valence-corrected chi connectivity index (χ4v) is 2.21. The van der Waals surface area contributed by atoms with E-state index in [9.17, 15) is 4.39 Å². The Bertz CT molecular complexity index is 718. The summed E-state index contributed by atoms with van der Waals surface area (Å²) < 4.78 is 13.6. The molecule has 0 unspecified atom stereocenters. The molecule has 0 radical (unpaired) electrons. The van der Waals surface area contributed by atoms with Crippen LogP contribution in [-0.2, 0) is 13.0 Å². The number of nitrogens with zero attached hydrogens (tertiary/aromatic N) is 1. The predicted molar refractivity (Wildman–Crippen MR) is 73.2 cm³/mol. The summed E-state index contributed by atoms with van der Waals surface area (Å²) in [6.07, 6.45) is 0.450. The minimum absolute atomic E-state index is 0.206. The molecule has 0 aliphatic heterocycles. The van der Waals surface area contributed by atoms with Crippen molar-refractivity contribution in [2.45, 2.75) is 13.0 Å². The Kier molecular flexibility index (Phi) is 3.01. The maximum absolute atomic E-state index is 13.6. The highest BCUT2D eigenvalue weighted by Crippen LogP contribution is 2.18. The van der Waals surface area contributed by atoms with Crippen LogP contribution in [0.3, 0.4) is 0 Å². The molecule has 1 heterocycles. The van der Waals surface area contributed by atoms with E-state index in [1.807, 2.05) is 24.3 Å². The Morgan fingerprint density at radius 2 is 1.84 bits per heavy atom. The zero-order valence-corrected chi connectivity index (χ0v) is 10.4. The van der Waals surface area contributed by atoms with Crippen LogP contribution < -0.4 is 5.73 Å². The van der Waals surface area contributed by atoms with E-state index in [-0.39, 0.29) is 5.82 Å². The molecule has 1 aromatic heterocycles. The smallest absolute Gasteiger partial charge is 0.126 e. The largest absolute Gasteiger partial charge is 0.342 e. The molecule has 3 nitrogen and oxygen atoms in total. The van der Waals surface area contributed by atoms with E-state index in [1.54, 1.807) is 12.1 Å². The number of hydrogen-bond donors (Lipinski definition) is 2. The highest BCUT2D eigenvalue weighted by atomic mass is 19.1. The lowest BCUT2D eigenvalue weighted by Crippen LogP contribution is -1.97. The van der Waals surface area contributed by atoms with Gasteiger partial charge in [-0.3, -0.25) is 0 Å². The van der Waals surface area contributed by atoms with Crippen molar-refractivity contribution in [3.8, 4) is 0 Å². The van der Waals surface area contributed by atoms with Gasteiger partial charge in [-0.25, -0.2) is 9.37 Å². The second-order valence-electron chi connectivity index (χ2n) is 4.47. The molecule has 0 bridgehead atoms. The van der Waals surface area contributed by atoms with Gasteiger partial charge in [0.25, 0.3) is 0 Å². The van der Waals surface area contributed by atoms with Gasteiger partial charge in [-0.1, -0.05) is 30.3 Å². The lowest BCUT2D eigenvalue weighted by atomic mass is 10.1. The average Bonchev–Trinajstić information content (AvgIpc) is 2.83. The number of nitrogens with two attached hydrogens (primary N) is 1. The summed E-state index contributed by atoms with van der Waals surface area (Å²) in [5.41, 5.74) is 9.13. The van der Waals surface area contributed by atoms with E-state index in [1.165, 1.54) is 6.07 Å². The quantitative estimate of drug-likeness (QED) is 0.756. The molecule has 0 aliphatic rings. The number of imidazole rings is 1. The fourth-order valence-electron chi connectivity index (χ4n) is 2.21. The summed E-state index contributed by atoms with van der Waals surface area (Å²) in [6.45, 7) is 0.446. The number of fused-ring (bicyclic) bond motifs is 1. The highest BCUT2D eigenvalue weighted by molar-refractivity contribution is 5.78. The van der Waals surface area contributed by atoms with Gasteiger partial charge >= 0.3 is 0 Å². The lowest BCUT2D eigenvalue weighted by Gasteiger charge is -1.99. The van der Waals surface area contributed by atoms with Crippen molar-refractivity contribution in [1.82, 2.24) is 9.97 Å². The van der Waals surface area contributed by atoms with Crippen LogP contribution in [0.15, 0.2) is 42.5 Å². The molecule has 0 spiro atoms. The van der Waals surface area contributed by atoms with Crippen molar-refractivity contribution in [2.75, 3.05) is 0 Å². The van der Waals surface area contributed by atoms with E-state index >= 15 is 0 Å². The third-order valence-electron chi connectivity index (χ3n) is 3.18. The van der Waals surface area contributed by atoms with Crippen LogP contribution in [0.1, 0.15) is 17.0 Å². The van der Waals surface area contributed by atoms with Crippen LogP contribution in [-0.4, -0.2) is 9.97 Å². The third-order valence-corrected chi connectivity index (χ3v) is 3.18. The Morgan fingerprint density at radius 1 is 1.05 bits per heavy atom. The topological polar surface area (TPSA) is 54.7 Å². The zero-order valence-electron chi connectivity index (χ0n) is 10.4. The number of hydrogen-bond acceptors (Lipinski definition) is 2. The first-order valence-corrected chi connectivity index (χ1v) is 6.18. The van der Waals surface area contributed by atoms with Crippen molar-refractivity contribution >= 4 is 11.0 Å². The van der Waals surface area contributed by atoms with E-state index in [2.05, 4.69) is 9.97 Å². The molecular formula is C15H14FN3. The number of para-hydroxylation sites is 1. The first kappa shape index (κ1) is 11.9. The van der Waals surface area contributed by atoms with E-state index in [0.717, 1.165) is 22.4 Å². The summed E-state index contributed by atoms with van der Waals surface area (Å²) >= 11 is 0. The van der Waals surface area contributed by atoms with Gasteiger partial charge in [0.05, 0.1) is 11.0 Å². The minimum atomic E-state index is -0.206. The number of rotatable bonds is 3. The molecule has 3 rings (SSSR count). The van der Waals surface area contributed by atoms with Gasteiger partial charge in [0.15, 0.2) is 0 Å². The van der Waals surface area contributed by atoms with Crippen LogP contribution in [0, 0.1) is 5.82 Å². The van der Waals surface area contributed by atoms with Gasteiger partial charge in [0.1, 0.15) is 11.6 Å². The zero-order chi connectivity index (χ0) is 13.2. The third kappa shape index (κ3) is 2.22. The standard InChI is InChI=1S/C15H14FN3/c16-12-6-2-1-4-10(12)8-14-18-13-7-3-5-11(9-17)15(13)19-14/h1-7H,8-9,17H2,(H,18,19). The van der Waals surface area contributed by atoms with Crippen molar-refractivity contribution in [2.24, 2.45) is 5.73 Å². The van der Waals surface area contributed by atoms with Crippen LogP contribution in [0.25, 0.3) is 11.0 Å². The molecule has 19 heavy (non-hydrogen) atoms. The monoisotopic (exact) mass is 255 g/mol.